The molecule has 0 saturated heterocycles. The van der Waals surface area contributed by atoms with Gasteiger partial charge in [0.2, 0.25) is 0 Å². The summed E-state index contributed by atoms with van der Waals surface area (Å²) < 4.78 is 5.30. The van der Waals surface area contributed by atoms with Crippen molar-refractivity contribution in [2.24, 2.45) is 0 Å². The highest BCUT2D eigenvalue weighted by molar-refractivity contribution is 7.80. The lowest BCUT2D eigenvalue weighted by molar-refractivity contribution is -0.113. The maximum Gasteiger partial charge on any atom is 0.171 e. The van der Waals surface area contributed by atoms with Crippen LogP contribution in [0.5, 0.6) is 5.75 Å². The third-order valence-electron chi connectivity index (χ3n) is 4.92. The van der Waals surface area contributed by atoms with E-state index in [-0.39, 0.29) is 11.8 Å². The first-order chi connectivity index (χ1) is 13.6. The molecule has 0 saturated carbocycles. The van der Waals surface area contributed by atoms with Crippen LogP contribution in [-0.4, -0.2) is 18.0 Å². The van der Waals surface area contributed by atoms with Gasteiger partial charge >= 0.3 is 0 Å². The van der Waals surface area contributed by atoms with Gasteiger partial charge in [-0.15, -0.1) is 0 Å². The van der Waals surface area contributed by atoms with Crippen LogP contribution in [0.2, 0.25) is 0 Å². The van der Waals surface area contributed by atoms with Crippen LogP contribution in [0, 0.1) is 0 Å². The van der Waals surface area contributed by atoms with Gasteiger partial charge in [0.25, 0.3) is 0 Å². The van der Waals surface area contributed by atoms with Crippen LogP contribution in [-0.2, 0) is 4.79 Å². The van der Waals surface area contributed by atoms with Crippen LogP contribution < -0.4 is 15.4 Å². The van der Waals surface area contributed by atoms with E-state index in [1.165, 1.54) is 0 Å². The Kier molecular flexibility index (Phi) is 4.84. The smallest absolute Gasteiger partial charge is 0.171 e. The summed E-state index contributed by atoms with van der Waals surface area (Å²) in [5.74, 6) is 0.818. The molecule has 4 nitrogen and oxygen atoms in total. The summed E-state index contributed by atoms with van der Waals surface area (Å²) in [5.41, 5.74) is 3.36. The molecule has 0 bridgehead atoms. The minimum absolute atomic E-state index is 0.00109. The first-order valence-corrected chi connectivity index (χ1v) is 9.43. The van der Waals surface area contributed by atoms with Gasteiger partial charge in [0.05, 0.1) is 18.8 Å². The number of ether oxygens (including phenoxy) is 1. The van der Waals surface area contributed by atoms with Gasteiger partial charge in [0, 0.05) is 5.57 Å². The van der Waals surface area contributed by atoms with Crippen LogP contribution in [0.3, 0.4) is 0 Å². The van der Waals surface area contributed by atoms with Gasteiger partial charge in [-0.3, -0.25) is 4.79 Å². The molecular weight excluding hydrogens is 368 g/mol. The molecule has 4 rings (SSSR count). The number of nitrogens with one attached hydrogen (secondary N) is 2. The molecule has 2 N–H and O–H groups in total. The summed E-state index contributed by atoms with van der Waals surface area (Å²) >= 11 is 5.44. The van der Waals surface area contributed by atoms with Crippen molar-refractivity contribution in [3.8, 4) is 5.75 Å². The molecule has 5 heteroatoms. The first kappa shape index (κ1) is 18.2. The normalized spacial score (nSPS) is 16.5. The number of fused-ring (bicyclic) bond motifs is 1. The number of methoxy groups -OCH3 is 1. The SMILES string of the molecule is COc1ccc2cc([C@@H]3NC(=S)NC(c4ccccc4)=C3C(C)=O)ccc2c1. The molecule has 3 aromatic carbocycles. The van der Waals surface area contributed by atoms with Crippen molar-refractivity contribution in [3.63, 3.8) is 0 Å². The van der Waals surface area contributed by atoms with Gasteiger partial charge < -0.3 is 15.4 Å². The molecule has 1 atom stereocenters. The number of Topliss-reactive ketones (excluding diaryl/α,β-unsaturated/α-hetero) is 1. The third kappa shape index (κ3) is 3.37. The molecule has 0 fully saturated rings. The Hall–Kier alpha value is -3.18. The first-order valence-electron chi connectivity index (χ1n) is 9.02. The molecule has 3 aromatic rings. The van der Waals surface area contributed by atoms with E-state index in [2.05, 4.69) is 16.7 Å². The summed E-state index contributed by atoms with van der Waals surface area (Å²) in [7, 11) is 1.66. The van der Waals surface area contributed by atoms with Gasteiger partial charge in [-0.1, -0.05) is 48.5 Å². The molecule has 1 heterocycles. The van der Waals surface area contributed by atoms with Crippen molar-refractivity contribution in [2.45, 2.75) is 13.0 Å². The highest BCUT2D eigenvalue weighted by Gasteiger charge is 2.30. The second-order valence-corrected chi connectivity index (χ2v) is 7.12. The fourth-order valence-electron chi connectivity index (χ4n) is 3.58. The maximum atomic E-state index is 12.6. The lowest BCUT2D eigenvalue weighted by Crippen LogP contribution is -2.44. The zero-order valence-corrected chi connectivity index (χ0v) is 16.5. The van der Waals surface area contributed by atoms with Gasteiger partial charge in [-0.2, -0.15) is 0 Å². The Morgan fingerprint density at radius 3 is 2.43 bits per heavy atom. The van der Waals surface area contributed by atoms with Crippen LogP contribution in [0.25, 0.3) is 16.5 Å². The van der Waals surface area contributed by atoms with Gasteiger partial charge in [0.15, 0.2) is 10.9 Å². The number of benzene rings is 3. The fourth-order valence-corrected chi connectivity index (χ4v) is 3.80. The van der Waals surface area contributed by atoms with Gasteiger partial charge in [-0.05, 0) is 59.2 Å². The Labute approximate surface area is 169 Å². The van der Waals surface area contributed by atoms with Crippen molar-refractivity contribution in [1.82, 2.24) is 10.6 Å². The summed E-state index contributed by atoms with van der Waals surface area (Å²) in [5, 5.41) is 9.11. The highest BCUT2D eigenvalue weighted by Crippen LogP contribution is 2.33. The molecule has 1 aliphatic heterocycles. The summed E-state index contributed by atoms with van der Waals surface area (Å²) in [6.45, 7) is 1.59. The second-order valence-electron chi connectivity index (χ2n) is 6.71. The van der Waals surface area contributed by atoms with Crippen molar-refractivity contribution < 1.29 is 9.53 Å². The van der Waals surface area contributed by atoms with Gasteiger partial charge in [0.1, 0.15) is 5.75 Å². The Morgan fingerprint density at radius 2 is 1.71 bits per heavy atom. The number of ketones is 1. The predicted molar refractivity (Wildman–Crippen MR) is 116 cm³/mol. The van der Waals surface area contributed by atoms with Gasteiger partial charge in [-0.25, -0.2) is 0 Å². The molecule has 0 spiro atoms. The van der Waals surface area contributed by atoms with E-state index in [9.17, 15) is 4.79 Å². The Balaban J connectivity index is 1.86. The minimum Gasteiger partial charge on any atom is -0.497 e. The molecule has 0 aromatic heterocycles. The molecule has 0 amide bonds. The zero-order chi connectivity index (χ0) is 19.7. The van der Waals surface area contributed by atoms with E-state index in [0.29, 0.717) is 10.7 Å². The zero-order valence-electron chi connectivity index (χ0n) is 15.7. The van der Waals surface area contributed by atoms with E-state index in [0.717, 1.165) is 33.3 Å². The summed E-state index contributed by atoms with van der Waals surface area (Å²) in [6.07, 6.45) is 0. The lowest BCUT2D eigenvalue weighted by atomic mass is 9.89. The van der Waals surface area contributed by atoms with Crippen molar-refractivity contribution >= 4 is 39.6 Å². The van der Waals surface area contributed by atoms with Crippen LogP contribution >= 0.6 is 12.2 Å². The largest absolute Gasteiger partial charge is 0.497 e. The molecule has 0 radical (unpaired) electrons. The van der Waals surface area contributed by atoms with Crippen molar-refractivity contribution in [1.29, 1.82) is 0 Å². The number of hydrogen-bond donors (Lipinski definition) is 2. The number of rotatable bonds is 4. The number of carbonyl (C=O) groups excluding carboxylic acids is 1. The van der Waals surface area contributed by atoms with Crippen LogP contribution in [0.4, 0.5) is 0 Å². The van der Waals surface area contributed by atoms with E-state index in [1.54, 1.807) is 14.0 Å². The quantitative estimate of drug-likeness (QED) is 0.650. The topological polar surface area (TPSA) is 50.4 Å². The van der Waals surface area contributed by atoms with E-state index in [4.69, 9.17) is 17.0 Å². The predicted octanol–water partition coefficient (Wildman–Crippen LogP) is 4.37. The fraction of sp³-hybridized carbons (Fsp3) is 0.130. The second kappa shape index (κ2) is 7.44. The average Bonchev–Trinajstić information content (AvgIpc) is 2.72. The third-order valence-corrected chi connectivity index (χ3v) is 5.14. The van der Waals surface area contributed by atoms with Crippen LogP contribution in [0.15, 0.2) is 72.3 Å². The number of thiocarbonyl (C=S) groups is 1. The Morgan fingerprint density at radius 1 is 1.00 bits per heavy atom. The molecule has 140 valence electrons. The molecule has 0 aliphatic carbocycles. The van der Waals surface area contributed by atoms with Crippen molar-refractivity contribution in [3.05, 3.63) is 83.4 Å². The monoisotopic (exact) mass is 388 g/mol. The number of hydrogen-bond acceptors (Lipinski definition) is 3. The number of carbonyl (C=O) groups is 1. The summed E-state index contributed by atoms with van der Waals surface area (Å²) in [6, 6.07) is 21.6. The summed E-state index contributed by atoms with van der Waals surface area (Å²) in [4.78, 5) is 12.6. The minimum atomic E-state index is -0.312. The van der Waals surface area contributed by atoms with E-state index >= 15 is 0 Å². The van der Waals surface area contributed by atoms with Crippen LogP contribution in [0.1, 0.15) is 24.1 Å². The van der Waals surface area contributed by atoms with E-state index in [1.807, 2.05) is 60.7 Å². The molecule has 0 unspecified atom stereocenters. The standard InChI is InChI=1S/C23H20N2O2S/c1-14(26)20-21(15-6-4-3-5-7-15)24-23(28)25-22(20)18-9-8-17-13-19(27-2)11-10-16(17)12-18/h3-13,22H,1-2H3,(H2,24,25,28)/t22-/m0/s1. The molecular formula is C23H20N2O2S. The lowest BCUT2D eigenvalue weighted by Gasteiger charge is -2.31. The Bertz CT molecular complexity index is 1110. The van der Waals surface area contributed by atoms with Crippen molar-refractivity contribution in [2.75, 3.05) is 7.11 Å². The van der Waals surface area contributed by atoms with E-state index < -0.39 is 0 Å². The maximum absolute atomic E-state index is 12.6. The molecule has 28 heavy (non-hydrogen) atoms. The average molecular weight is 388 g/mol. The highest BCUT2D eigenvalue weighted by atomic mass is 32.1. The molecule has 1 aliphatic rings.